The molecule has 22 heavy (non-hydrogen) atoms. The maximum atomic E-state index is 11.9. The molecule has 1 unspecified atom stereocenters. The van der Waals surface area contributed by atoms with Crippen LogP contribution in [0.4, 0.5) is 5.13 Å². The molecular weight excluding hydrogens is 332 g/mol. The van der Waals surface area contributed by atoms with E-state index in [2.05, 4.69) is 16.9 Å². The van der Waals surface area contributed by atoms with Crippen LogP contribution >= 0.6 is 11.3 Å². The second-order valence-electron chi connectivity index (χ2n) is 4.40. The van der Waals surface area contributed by atoms with Crippen molar-refractivity contribution >= 4 is 44.2 Å². The molecule has 0 radical (unpaired) electrons. The number of carbonyl (C=O) groups excluding carboxylic acids is 2. The second kappa shape index (κ2) is 6.85. The molecule has 2 amide bonds. The zero-order valence-corrected chi connectivity index (χ0v) is 13.6. The third kappa shape index (κ3) is 4.51. The highest BCUT2D eigenvalue weighted by Gasteiger charge is 2.28. The minimum absolute atomic E-state index is 0.0568. The number of aromatic nitrogens is 1. The zero-order valence-electron chi connectivity index (χ0n) is 11.9. The van der Waals surface area contributed by atoms with Crippen LogP contribution < -0.4 is 11.1 Å². The Hall–Kier alpha value is -1.98. The summed E-state index contributed by atoms with van der Waals surface area (Å²) in [5, 5.41) is 4.25. The highest BCUT2D eigenvalue weighted by molar-refractivity contribution is 7.84. The fourth-order valence-electron chi connectivity index (χ4n) is 1.67. The van der Waals surface area contributed by atoms with Crippen molar-refractivity contribution in [2.24, 2.45) is 0 Å². The van der Waals surface area contributed by atoms with Gasteiger partial charge in [-0.1, -0.05) is 6.58 Å². The van der Waals surface area contributed by atoms with Crippen LogP contribution in [-0.2, 0) is 19.9 Å². The summed E-state index contributed by atoms with van der Waals surface area (Å²) in [5.41, 5.74) is 5.82. The van der Waals surface area contributed by atoms with Crippen molar-refractivity contribution in [3.05, 3.63) is 17.7 Å². The third-order valence-corrected chi connectivity index (χ3v) is 4.41. The first kappa shape index (κ1) is 18.1. The lowest BCUT2D eigenvalue weighted by Crippen LogP contribution is -2.47. The van der Waals surface area contributed by atoms with Crippen LogP contribution in [0.15, 0.2) is 12.0 Å². The van der Waals surface area contributed by atoms with Gasteiger partial charge in [-0.05, 0) is 6.92 Å². The molecule has 9 nitrogen and oxygen atoms in total. The molecule has 122 valence electrons. The number of anilines is 1. The number of hydrogen-bond acceptors (Lipinski definition) is 7. The van der Waals surface area contributed by atoms with E-state index in [4.69, 9.17) is 10.3 Å². The molecule has 1 heterocycles. The van der Waals surface area contributed by atoms with Gasteiger partial charge in [0.15, 0.2) is 5.13 Å². The molecule has 0 aliphatic heterocycles. The summed E-state index contributed by atoms with van der Waals surface area (Å²) >= 11 is 1.15. The van der Waals surface area contributed by atoms with Gasteiger partial charge in [-0.3, -0.25) is 14.1 Å². The Kier molecular flexibility index (Phi) is 5.63. The van der Waals surface area contributed by atoms with Crippen LogP contribution in [0.1, 0.15) is 19.5 Å². The van der Waals surface area contributed by atoms with Crippen LogP contribution in [0, 0.1) is 0 Å². The zero-order chi connectivity index (χ0) is 17.1. The first-order valence-electron chi connectivity index (χ1n) is 6.00. The Morgan fingerprint density at radius 1 is 1.59 bits per heavy atom. The molecule has 1 aromatic heterocycles. The Labute approximate surface area is 131 Å². The Balaban J connectivity index is 2.70. The maximum absolute atomic E-state index is 11.9. The van der Waals surface area contributed by atoms with E-state index in [-0.39, 0.29) is 21.6 Å². The van der Waals surface area contributed by atoms with Crippen LogP contribution in [-0.4, -0.2) is 46.7 Å². The molecule has 0 aliphatic carbocycles. The summed E-state index contributed by atoms with van der Waals surface area (Å²) in [4.78, 5) is 27.1. The first-order chi connectivity index (χ1) is 10.0. The fraction of sp³-hybridized carbons (Fsp3) is 0.364. The highest BCUT2D eigenvalue weighted by atomic mass is 32.2. The van der Waals surface area contributed by atoms with Crippen molar-refractivity contribution in [3.63, 3.8) is 0 Å². The monoisotopic (exact) mass is 348 g/mol. The van der Waals surface area contributed by atoms with Gasteiger partial charge >= 0.3 is 10.3 Å². The van der Waals surface area contributed by atoms with Gasteiger partial charge in [0.2, 0.25) is 5.91 Å². The Bertz CT molecular complexity index is 697. The van der Waals surface area contributed by atoms with E-state index >= 15 is 0 Å². The van der Waals surface area contributed by atoms with E-state index in [0.29, 0.717) is 5.69 Å². The lowest BCUT2D eigenvalue weighted by atomic mass is 10.2. The summed E-state index contributed by atoms with van der Waals surface area (Å²) in [7, 11) is -4.70. The Morgan fingerprint density at radius 2 is 2.18 bits per heavy atom. The molecule has 1 aromatic rings. The lowest BCUT2D eigenvalue weighted by molar-refractivity contribution is -0.126. The summed E-state index contributed by atoms with van der Waals surface area (Å²) in [6, 6.07) is -0.968. The third-order valence-electron chi connectivity index (χ3n) is 2.62. The van der Waals surface area contributed by atoms with Gasteiger partial charge in [-0.2, -0.15) is 8.42 Å². The number of hydrogen-bond donors (Lipinski definition) is 3. The van der Waals surface area contributed by atoms with Crippen molar-refractivity contribution in [2.75, 3.05) is 12.3 Å². The van der Waals surface area contributed by atoms with E-state index in [1.807, 2.05) is 0 Å². The fourth-order valence-corrected chi connectivity index (χ4v) is 3.11. The molecule has 0 fully saturated rings. The van der Waals surface area contributed by atoms with Crippen molar-refractivity contribution in [2.45, 2.75) is 19.9 Å². The van der Waals surface area contributed by atoms with Crippen molar-refractivity contribution < 1.29 is 22.6 Å². The van der Waals surface area contributed by atoms with E-state index < -0.39 is 28.2 Å². The van der Waals surface area contributed by atoms with Crippen LogP contribution in [0.25, 0.3) is 5.57 Å². The normalized spacial score (nSPS) is 12.5. The largest absolute Gasteiger partial charge is 0.375 e. The molecule has 0 spiro atoms. The number of nitrogens with two attached hydrogens (primary N) is 1. The number of thiazole rings is 1. The van der Waals surface area contributed by atoms with Gasteiger partial charge in [0.25, 0.3) is 5.91 Å². The van der Waals surface area contributed by atoms with Crippen molar-refractivity contribution in [1.29, 1.82) is 0 Å². The molecule has 11 heteroatoms. The van der Waals surface area contributed by atoms with Crippen molar-refractivity contribution in [1.82, 2.24) is 14.6 Å². The van der Waals surface area contributed by atoms with Crippen LogP contribution in [0.3, 0.4) is 0 Å². The number of rotatable bonds is 6. The summed E-state index contributed by atoms with van der Waals surface area (Å²) < 4.78 is 31.5. The van der Waals surface area contributed by atoms with Gasteiger partial charge in [-0.25, -0.2) is 9.29 Å². The minimum Gasteiger partial charge on any atom is -0.375 e. The molecule has 1 rings (SSSR count). The second-order valence-corrected chi connectivity index (χ2v) is 6.58. The maximum Gasteiger partial charge on any atom is 0.362 e. The molecule has 0 aliphatic rings. The number of carbonyl (C=O) groups is 2. The topological polar surface area (TPSA) is 143 Å². The highest BCUT2D eigenvalue weighted by Crippen LogP contribution is 2.18. The predicted molar refractivity (Wildman–Crippen MR) is 82.1 cm³/mol. The van der Waals surface area contributed by atoms with Gasteiger partial charge in [0.1, 0.15) is 0 Å². The summed E-state index contributed by atoms with van der Waals surface area (Å²) in [6.07, 6.45) is 0. The van der Waals surface area contributed by atoms with E-state index in [1.165, 1.54) is 6.92 Å². The average Bonchev–Trinajstić information content (AvgIpc) is 2.79. The molecule has 4 N–H and O–H groups in total. The molecule has 0 bridgehead atoms. The number of nitrogens with one attached hydrogen (secondary N) is 1. The van der Waals surface area contributed by atoms with E-state index in [9.17, 15) is 18.0 Å². The van der Waals surface area contributed by atoms with E-state index in [0.717, 1.165) is 18.3 Å². The smallest absolute Gasteiger partial charge is 0.362 e. The predicted octanol–water partition coefficient (Wildman–Crippen LogP) is -0.105. The quantitative estimate of drug-likeness (QED) is 0.481. The number of amides is 2. The molecule has 1 atom stereocenters. The van der Waals surface area contributed by atoms with Gasteiger partial charge in [-0.15, -0.1) is 11.3 Å². The Morgan fingerprint density at radius 3 is 2.59 bits per heavy atom. The van der Waals surface area contributed by atoms with Gasteiger partial charge in [0.05, 0.1) is 17.3 Å². The molecule has 0 saturated carbocycles. The number of nitrogen functional groups attached to an aromatic ring is 1. The number of nitrogens with zero attached hydrogens (tertiary/aromatic N) is 2. The summed E-state index contributed by atoms with van der Waals surface area (Å²) in [5.74, 6) is -1.45. The van der Waals surface area contributed by atoms with Gasteiger partial charge in [0, 0.05) is 18.8 Å². The van der Waals surface area contributed by atoms with Crippen LogP contribution in [0.5, 0.6) is 0 Å². The van der Waals surface area contributed by atoms with Crippen molar-refractivity contribution in [3.8, 4) is 0 Å². The SMILES string of the molecule is C=C(C(=O)NCC(C)N(C(C)=O)S(=O)(=O)O)c1csc(N)n1. The molecular formula is C11H16N4O5S2. The van der Waals surface area contributed by atoms with Crippen LogP contribution in [0.2, 0.25) is 0 Å². The standard InChI is InChI=1S/C11H16N4O5S2/c1-6(15(8(3)16)22(18,19)20)4-13-10(17)7(2)9-5-21-11(12)14-9/h5-6H,2,4H2,1,3H3,(H2,12,14)(H,13,17)(H,18,19,20). The summed E-state index contributed by atoms with van der Waals surface area (Å²) in [6.45, 7) is 5.73. The molecule has 0 saturated heterocycles. The average molecular weight is 348 g/mol. The first-order valence-corrected chi connectivity index (χ1v) is 8.27. The lowest BCUT2D eigenvalue weighted by Gasteiger charge is -2.24. The van der Waals surface area contributed by atoms with Gasteiger partial charge < -0.3 is 11.1 Å². The minimum atomic E-state index is -4.70. The molecule has 0 aromatic carbocycles. The van der Waals surface area contributed by atoms with E-state index in [1.54, 1.807) is 5.38 Å².